The minimum absolute atomic E-state index is 0.261. The molecule has 0 spiro atoms. The average molecular weight is 331 g/mol. The predicted octanol–water partition coefficient (Wildman–Crippen LogP) is 3.75. The molecule has 0 atom stereocenters. The maximum Gasteiger partial charge on any atom is 0.258 e. The van der Waals surface area contributed by atoms with Crippen LogP contribution < -0.4 is 5.32 Å². The number of benzene rings is 1. The van der Waals surface area contributed by atoms with E-state index in [1.807, 2.05) is 43.4 Å². The summed E-state index contributed by atoms with van der Waals surface area (Å²) in [5.41, 5.74) is 2.90. The standard InChI is InChI=1S/C19H17N5O/c1-3-4-5-6-13(2)18-20-10-15(11-21-18)19(25)23-16-7-8-17-14(9-16)12-22-24-17/h3-12H,1H2,2H3,(H,22,24)(H,23,25)/b5-4-,13-6+. The molecule has 3 rings (SSSR count). The Morgan fingerprint density at radius 3 is 2.76 bits per heavy atom. The number of nitrogens with one attached hydrogen (secondary N) is 2. The van der Waals surface area contributed by atoms with Crippen LogP contribution in [0.3, 0.4) is 0 Å². The van der Waals surface area contributed by atoms with Gasteiger partial charge in [-0.05, 0) is 30.7 Å². The van der Waals surface area contributed by atoms with E-state index in [-0.39, 0.29) is 5.91 Å². The first-order valence-electron chi connectivity index (χ1n) is 7.70. The van der Waals surface area contributed by atoms with E-state index in [4.69, 9.17) is 0 Å². The monoisotopic (exact) mass is 331 g/mol. The number of allylic oxidation sites excluding steroid dienone is 5. The van der Waals surface area contributed by atoms with Crippen LogP contribution in [-0.2, 0) is 0 Å². The van der Waals surface area contributed by atoms with Crippen LogP contribution in [0.15, 0.2) is 67.7 Å². The summed E-state index contributed by atoms with van der Waals surface area (Å²) < 4.78 is 0. The summed E-state index contributed by atoms with van der Waals surface area (Å²) in [7, 11) is 0. The number of amides is 1. The second kappa shape index (κ2) is 7.35. The highest BCUT2D eigenvalue weighted by molar-refractivity contribution is 6.04. The molecule has 0 saturated heterocycles. The first-order chi connectivity index (χ1) is 12.2. The lowest BCUT2D eigenvalue weighted by molar-refractivity contribution is 0.102. The predicted molar refractivity (Wildman–Crippen MR) is 99.1 cm³/mol. The van der Waals surface area contributed by atoms with E-state index >= 15 is 0 Å². The van der Waals surface area contributed by atoms with E-state index in [1.54, 1.807) is 12.3 Å². The highest BCUT2D eigenvalue weighted by Crippen LogP contribution is 2.17. The Morgan fingerprint density at radius 1 is 1.20 bits per heavy atom. The zero-order chi connectivity index (χ0) is 17.6. The Bertz CT molecular complexity index is 967. The number of carbonyl (C=O) groups is 1. The largest absolute Gasteiger partial charge is 0.322 e. The Hall–Kier alpha value is -3.54. The minimum Gasteiger partial charge on any atom is -0.322 e. The Morgan fingerprint density at radius 2 is 2.00 bits per heavy atom. The zero-order valence-electron chi connectivity index (χ0n) is 13.7. The van der Waals surface area contributed by atoms with Crippen molar-refractivity contribution in [2.75, 3.05) is 5.32 Å². The van der Waals surface area contributed by atoms with Crippen LogP contribution in [0, 0.1) is 0 Å². The summed E-state index contributed by atoms with van der Waals surface area (Å²) in [6, 6.07) is 5.53. The number of nitrogens with zero attached hydrogens (tertiary/aromatic N) is 3. The molecule has 124 valence electrons. The van der Waals surface area contributed by atoms with Crippen molar-refractivity contribution in [1.82, 2.24) is 20.2 Å². The van der Waals surface area contributed by atoms with Gasteiger partial charge in [0.15, 0.2) is 5.82 Å². The van der Waals surface area contributed by atoms with E-state index in [2.05, 4.69) is 32.1 Å². The van der Waals surface area contributed by atoms with E-state index in [0.717, 1.165) is 16.5 Å². The van der Waals surface area contributed by atoms with Crippen molar-refractivity contribution in [2.45, 2.75) is 6.92 Å². The van der Waals surface area contributed by atoms with Crippen LogP contribution in [-0.4, -0.2) is 26.1 Å². The molecule has 0 saturated carbocycles. The molecule has 0 bridgehead atoms. The topological polar surface area (TPSA) is 83.6 Å². The van der Waals surface area contributed by atoms with Gasteiger partial charge in [-0.1, -0.05) is 30.9 Å². The van der Waals surface area contributed by atoms with Gasteiger partial charge in [0.25, 0.3) is 5.91 Å². The van der Waals surface area contributed by atoms with Crippen LogP contribution in [0.25, 0.3) is 16.5 Å². The number of hydrogen-bond acceptors (Lipinski definition) is 4. The quantitative estimate of drug-likeness (QED) is 0.697. The van der Waals surface area contributed by atoms with Crippen LogP contribution in [0.1, 0.15) is 23.1 Å². The van der Waals surface area contributed by atoms with Crippen molar-refractivity contribution in [3.8, 4) is 0 Å². The van der Waals surface area contributed by atoms with Gasteiger partial charge >= 0.3 is 0 Å². The van der Waals surface area contributed by atoms with E-state index < -0.39 is 0 Å². The molecule has 0 aliphatic carbocycles. The molecule has 1 aromatic carbocycles. The lowest BCUT2D eigenvalue weighted by Gasteiger charge is -2.06. The third kappa shape index (κ3) is 3.87. The van der Waals surface area contributed by atoms with Gasteiger partial charge < -0.3 is 5.32 Å². The van der Waals surface area contributed by atoms with Crippen molar-refractivity contribution in [1.29, 1.82) is 0 Å². The molecule has 0 radical (unpaired) electrons. The second-order valence-corrected chi connectivity index (χ2v) is 5.39. The van der Waals surface area contributed by atoms with Crippen molar-refractivity contribution in [3.63, 3.8) is 0 Å². The first-order valence-corrected chi connectivity index (χ1v) is 7.70. The normalized spacial score (nSPS) is 11.8. The lowest BCUT2D eigenvalue weighted by Crippen LogP contribution is -2.13. The zero-order valence-corrected chi connectivity index (χ0v) is 13.7. The number of aromatic amines is 1. The number of anilines is 1. The third-order valence-electron chi connectivity index (χ3n) is 3.56. The van der Waals surface area contributed by atoms with Gasteiger partial charge in [-0.15, -0.1) is 0 Å². The molecule has 6 nitrogen and oxygen atoms in total. The Labute approximate surface area is 145 Å². The molecule has 2 N–H and O–H groups in total. The molecule has 2 aromatic heterocycles. The summed E-state index contributed by atoms with van der Waals surface area (Å²) in [6.45, 7) is 5.52. The van der Waals surface area contributed by atoms with Gasteiger partial charge in [-0.25, -0.2) is 9.97 Å². The van der Waals surface area contributed by atoms with Crippen LogP contribution in [0.5, 0.6) is 0 Å². The van der Waals surface area contributed by atoms with Gasteiger partial charge in [-0.3, -0.25) is 9.89 Å². The van der Waals surface area contributed by atoms with Crippen LogP contribution >= 0.6 is 0 Å². The minimum atomic E-state index is -0.261. The number of hydrogen-bond donors (Lipinski definition) is 2. The summed E-state index contributed by atoms with van der Waals surface area (Å²) in [6.07, 6.45) is 12.0. The van der Waals surface area contributed by atoms with Crippen LogP contribution in [0.4, 0.5) is 5.69 Å². The lowest BCUT2D eigenvalue weighted by atomic mass is 10.2. The summed E-state index contributed by atoms with van der Waals surface area (Å²) in [5.74, 6) is 0.313. The number of fused-ring (bicyclic) bond motifs is 1. The van der Waals surface area contributed by atoms with Crippen molar-refractivity contribution in [2.24, 2.45) is 0 Å². The van der Waals surface area contributed by atoms with Crippen LogP contribution in [0.2, 0.25) is 0 Å². The SMILES string of the molecule is C=C/C=C\C=C(/C)c1ncc(C(=O)Nc2ccc3[nH]ncc3c2)cn1. The Balaban J connectivity index is 1.72. The molecule has 25 heavy (non-hydrogen) atoms. The Kier molecular flexibility index (Phi) is 4.80. The number of H-pyrrole nitrogens is 1. The van der Waals surface area contributed by atoms with Crippen molar-refractivity contribution in [3.05, 3.63) is 79.1 Å². The molecule has 6 heteroatoms. The fourth-order valence-electron chi connectivity index (χ4n) is 2.23. The summed E-state index contributed by atoms with van der Waals surface area (Å²) >= 11 is 0. The highest BCUT2D eigenvalue weighted by atomic mass is 16.1. The molecular weight excluding hydrogens is 314 g/mol. The molecule has 1 amide bonds. The average Bonchev–Trinajstić information content (AvgIpc) is 3.09. The van der Waals surface area contributed by atoms with E-state index in [0.29, 0.717) is 17.1 Å². The molecule has 0 aliphatic rings. The first kappa shape index (κ1) is 16.3. The molecule has 0 fully saturated rings. The van der Waals surface area contributed by atoms with Gasteiger partial charge in [0.05, 0.1) is 17.3 Å². The summed E-state index contributed by atoms with van der Waals surface area (Å²) in [5, 5.41) is 10.6. The number of carbonyl (C=O) groups excluding carboxylic acids is 1. The van der Waals surface area contributed by atoms with E-state index in [9.17, 15) is 4.79 Å². The maximum atomic E-state index is 12.3. The van der Waals surface area contributed by atoms with Gasteiger partial charge in [0.2, 0.25) is 0 Å². The highest BCUT2D eigenvalue weighted by Gasteiger charge is 2.09. The molecular formula is C19H17N5O. The molecule has 3 aromatic rings. The number of rotatable bonds is 5. The fraction of sp³-hybridized carbons (Fsp3) is 0.0526. The second-order valence-electron chi connectivity index (χ2n) is 5.39. The van der Waals surface area contributed by atoms with Crippen molar-refractivity contribution >= 4 is 28.1 Å². The number of aromatic nitrogens is 4. The van der Waals surface area contributed by atoms with Gasteiger partial charge in [0.1, 0.15) is 0 Å². The van der Waals surface area contributed by atoms with Gasteiger partial charge in [0, 0.05) is 23.5 Å². The van der Waals surface area contributed by atoms with Crippen molar-refractivity contribution < 1.29 is 4.79 Å². The van der Waals surface area contributed by atoms with E-state index in [1.165, 1.54) is 12.4 Å². The summed E-state index contributed by atoms with van der Waals surface area (Å²) in [4.78, 5) is 20.8. The maximum absolute atomic E-state index is 12.3. The molecule has 2 heterocycles. The van der Waals surface area contributed by atoms with Gasteiger partial charge in [-0.2, -0.15) is 5.10 Å². The smallest absolute Gasteiger partial charge is 0.258 e. The fourth-order valence-corrected chi connectivity index (χ4v) is 2.23. The third-order valence-corrected chi connectivity index (χ3v) is 3.56. The molecule has 0 unspecified atom stereocenters. The molecule has 0 aliphatic heterocycles.